The Kier molecular flexibility index (Phi) is 5.62. The van der Waals surface area contributed by atoms with E-state index >= 15 is 0 Å². The predicted molar refractivity (Wildman–Crippen MR) is 80.0 cm³/mol. The van der Waals surface area contributed by atoms with Gasteiger partial charge in [-0.25, -0.2) is 0 Å². The lowest BCUT2D eigenvalue weighted by molar-refractivity contribution is 0.466. The molecule has 0 aliphatic carbocycles. The number of phenolic OH excluding ortho intramolecular Hbond substituents is 1. The van der Waals surface area contributed by atoms with Gasteiger partial charge in [0.15, 0.2) is 0 Å². The molecule has 2 nitrogen and oxygen atoms in total. The van der Waals surface area contributed by atoms with Crippen LogP contribution in [0, 0.1) is 7.14 Å². The topological polar surface area (TPSA) is 46.2 Å². The fourth-order valence-corrected chi connectivity index (χ4v) is 3.21. The SMILES string of the molecule is CCCC[C@H](N)c1cc(I)c(O)c(I)c1. The molecule has 0 aliphatic rings. The van der Waals surface area contributed by atoms with Crippen molar-refractivity contribution in [3.8, 4) is 5.75 Å². The van der Waals surface area contributed by atoms with Crippen LogP contribution in [0.2, 0.25) is 0 Å². The first-order chi connectivity index (χ1) is 7.06. The average molecular weight is 431 g/mol. The molecule has 4 heteroatoms. The van der Waals surface area contributed by atoms with Gasteiger partial charge in [-0.15, -0.1) is 0 Å². The monoisotopic (exact) mass is 431 g/mol. The second kappa shape index (κ2) is 6.24. The third kappa shape index (κ3) is 3.74. The molecule has 1 aromatic carbocycles. The number of hydrogen-bond acceptors (Lipinski definition) is 2. The van der Waals surface area contributed by atoms with Crippen molar-refractivity contribution >= 4 is 45.2 Å². The molecule has 0 unspecified atom stereocenters. The highest BCUT2D eigenvalue weighted by Crippen LogP contribution is 2.30. The minimum absolute atomic E-state index is 0.0904. The Morgan fingerprint density at radius 2 is 1.87 bits per heavy atom. The maximum absolute atomic E-state index is 9.63. The van der Waals surface area contributed by atoms with Crippen molar-refractivity contribution in [2.45, 2.75) is 32.2 Å². The summed E-state index contributed by atoms with van der Waals surface area (Å²) in [6.07, 6.45) is 3.32. The molecule has 84 valence electrons. The molecule has 0 saturated carbocycles. The van der Waals surface area contributed by atoms with Gasteiger partial charge in [-0.2, -0.15) is 0 Å². The van der Waals surface area contributed by atoms with E-state index in [0.717, 1.165) is 25.5 Å². The van der Waals surface area contributed by atoms with Crippen LogP contribution < -0.4 is 5.73 Å². The van der Waals surface area contributed by atoms with Crippen LogP contribution in [0.15, 0.2) is 12.1 Å². The Balaban J connectivity index is 2.86. The van der Waals surface area contributed by atoms with Crippen molar-refractivity contribution in [3.05, 3.63) is 24.8 Å². The molecule has 0 amide bonds. The van der Waals surface area contributed by atoms with Gasteiger partial charge in [0.2, 0.25) is 0 Å². The molecular weight excluding hydrogens is 416 g/mol. The summed E-state index contributed by atoms with van der Waals surface area (Å²) in [4.78, 5) is 0. The zero-order valence-electron chi connectivity index (χ0n) is 8.63. The van der Waals surface area contributed by atoms with Gasteiger partial charge in [-0.1, -0.05) is 19.8 Å². The Bertz CT molecular complexity index is 318. The van der Waals surface area contributed by atoms with Crippen LogP contribution in [-0.2, 0) is 0 Å². The third-order valence-electron chi connectivity index (χ3n) is 2.34. The van der Waals surface area contributed by atoms with E-state index in [1.807, 2.05) is 12.1 Å². The Morgan fingerprint density at radius 1 is 1.33 bits per heavy atom. The van der Waals surface area contributed by atoms with Crippen molar-refractivity contribution < 1.29 is 5.11 Å². The lowest BCUT2D eigenvalue weighted by Gasteiger charge is -2.13. The zero-order chi connectivity index (χ0) is 11.4. The largest absolute Gasteiger partial charge is 0.506 e. The molecule has 1 rings (SSSR count). The molecule has 0 bridgehead atoms. The summed E-state index contributed by atoms with van der Waals surface area (Å²) in [5.41, 5.74) is 7.20. The maximum Gasteiger partial charge on any atom is 0.142 e. The molecule has 3 N–H and O–H groups in total. The second-order valence-electron chi connectivity index (χ2n) is 3.58. The summed E-state index contributed by atoms with van der Waals surface area (Å²) < 4.78 is 1.75. The number of phenols is 1. The highest BCUT2D eigenvalue weighted by Gasteiger charge is 2.10. The lowest BCUT2D eigenvalue weighted by Crippen LogP contribution is -2.10. The first kappa shape index (κ1) is 13.5. The van der Waals surface area contributed by atoms with Crippen molar-refractivity contribution in [2.75, 3.05) is 0 Å². The highest BCUT2D eigenvalue weighted by molar-refractivity contribution is 14.1. The van der Waals surface area contributed by atoms with Crippen molar-refractivity contribution in [2.24, 2.45) is 5.73 Å². The van der Waals surface area contributed by atoms with Gasteiger partial charge in [0.1, 0.15) is 5.75 Å². The molecule has 0 aliphatic heterocycles. The van der Waals surface area contributed by atoms with Crippen molar-refractivity contribution in [3.63, 3.8) is 0 Å². The average Bonchev–Trinajstić information content (AvgIpc) is 2.21. The summed E-state index contributed by atoms with van der Waals surface area (Å²) in [5, 5.41) is 9.63. The van der Waals surface area contributed by atoms with Gasteiger partial charge in [-0.3, -0.25) is 0 Å². The second-order valence-corrected chi connectivity index (χ2v) is 5.91. The van der Waals surface area contributed by atoms with Crippen LogP contribution in [-0.4, -0.2) is 5.11 Å². The van der Waals surface area contributed by atoms with E-state index in [1.54, 1.807) is 0 Å². The first-order valence-electron chi connectivity index (χ1n) is 4.99. The first-order valence-corrected chi connectivity index (χ1v) is 7.15. The van der Waals surface area contributed by atoms with Gasteiger partial charge in [0.05, 0.1) is 7.14 Å². The molecule has 0 heterocycles. The maximum atomic E-state index is 9.63. The Morgan fingerprint density at radius 3 is 2.33 bits per heavy atom. The number of unbranched alkanes of at least 4 members (excludes halogenated alkanes) is 1. The van der Waals surface area contributed by atoms with Crippen LogP contribution in [0.4, 0.5) is 0 Å². The van der Waals surface area contributed by atoms with Crippen molar-refractivity contribution in [1.29, 1.82) is 0 Å². The standard InChI is InChI=1S/C11H15I2NO/c1-2-3-4-10(14)7-5-8(12)11(15)9(13)6-7/h5-6,10,15H,2-4,14H2,1H3/t10-/m0/s1. The number of benzene rings is 1. The molecule has 1 atom stereocenters. The summed E-state index contributed by atoms with van der Waals surface area (Å²) in [6, 6.07) is 4.03. The lowest BCUT2D eigenvalue weighted by atomic mass is 10.0. The number of hydrogen-bond donors (Lipinski definition) is 2. The van der Waals surface area contributed by atoms with Gasteiger partial charge in [0.25, 0.3) is 0 Å². The minimum atomic E-state index is 0.0904. The number of rotatable bonds is 4. The van der Waals surface area contributed by atoms with E-state index in [0.29, 0.717) is 5.75 Å². The molecular formula is C11H15I2NO. The van der Waals surface area contributed by atoms with E-state index < -0.39 is 0 Å². The summed E-state index contributed by atoms with van der Waals surface area (Å²) >= 11 is 4.27. The molecule has 0 radical (unpaired) electrons. The van der Waals surface area contributed by atoms with E-state index in [4.69, 9.17) is 5.73 Å². The fraction of sp³-hybridized carbons (Fsp3) is 0.455. The van der Waals surface area contributed by atoms with Gasteiger partial charge in [-0.05, 0) is 69.3 Å². The van der Waals surface area contributed by atoms with Crippen LogP contribution in [0.3, 0.4) is 0 Å². The smallest absolute Gasteiger partial charge is 0.142 e. The molecule has 0 saturated heterocycles. The van der Waals surface area contributed by atoms with E-state index in [9.17, 15) is 5.11 Å². The third-order valence-corrected chi connectivity index (χ3v) is 3.98. The quantitative estimate of drug-likeness (QED) is 0.714. The summed E-state index contributed by atoms with van der Waals surface area (Å²) in [6.45, 7) is 2.16. The molecule has 0 spiro atoms. The van der Waals surface area contributed by atoms with Crippen LogP contribution in [0.25, 0.3) is 0 Å². The summed E-state index contributed by atoms with van der Waals surface area (Å²) in [7, 11) is 0. The highest BCUT2D eigenvalue weighted by atomic mass is 127. The molecule has 1 aromatic rings. The fourth-order valence-electron chi connectivity index (χ4n) is 1.39. The predicted octanol–water partition coefficient (Wildman–Crippen LogP) is 3.79. The van der Waals surface area contributed by atoms with Gasteiger partial charge >= 0.3 is 0 Å². The Labute approximate surface area is 118 Å². The van der Waals surface area contributed by atoms with E-state index in [2.05, 4.69) is 52.1 Å². The van der Waals surface area contributed by atoms with E-state index in [-0.39, 0.29) is 6.04 Å². The number of aromatic hydroxyl groups is 1. The normalized spacial score (nSPS) is 12.8. The van der Waals surface area contributed by atoms with Crippen LogP contribution in [0.1, 0.15) is 37.8 Å². The van der Waals surface area contributed by atoms with Crippen LogP contribution >= 0.6 is 45.2 Å². The minimum Gasteiger partial charge on any atom is -0.506 e. The van der Waals surface area contributed by atoms with Gasteiger partial charge in [0, 0.05) is 6.04 Å². The number of nitrogens with two attached hydrogens (primary N) is 1. The molecule has 0 fully saturated rings. The molecule has 15 heavy (non-hydrogen) atoms. The summed E-state index contributed by atoms with van der Waals surface area (Å²) in [5.74, 6) is 0.364. The van der Waals surface area contributed by atoms with Gasteiger partial charge < -0.3 is 10.8 Å². The van der Waals surface area contributed by atoms with Crippen molar-refractivity contribution in [1.82, 2.24) is 0 Å². The zero-order valence-corrected chi connectivity index (χ0v) is 12.9. The Hall–Kier alpha value is 0.440. The van der Waals surface area contributed by atoms with Crippen LogP contribution in [0.5, 0.6) is 5.75 Å². The van der Waals surface area contributed by atoms with E-state index in [1.165, 1.54) is 6.42 Å². The number of halogens is 2. The molecule has 0 aromatic heterocycles.